The minimum atomic E-state index is -0.257. The predicted molar refractivity (Wildman–Crippen MR) is 78.9 cm³/mol. The Labute approximate surface area is 122 Å². The van der Waals surface area contributed by atoms with Gasteiger partial charge in [-0.1, -0.05) is 47.7 Å². The van der Waals surface area contributed by atoms with E-state index < -0.39 is 0 Å². The largest absolute Gasteiger partial charge is 0.325 e. The van der Waals surface area contributed by atoms with Crippen molar-refractivity contribution in [1.29, 1.82) is 0 Å². The minimum absolute atomic E-state index is 0.257. The average Bonchev–Trinajstić information content (AvgIpc) is 2.91. The van der Waals surface area contributed by atoms with Gasteiger partial charge in [0.1, 0.15) is 11.5 Å². The zero-order valence-corrected chi connectivity index (χ0v) is 11.4. The van der Waals surface area contributed by atoms with Crippen LogP contribution in [-0.2, 0) is 13.1 Å². The molecule has 0 atom stereocenters. The van der Waals surface area contributed by atoms with Crippen molar-refractivity contribution in [2.45, 2.75) is 13.1 Å². The van der Waals surface area contributed by atoms with E-state index in [9.17, 15) is 4.39 Å². The van der Waals surface area contributed by atoms with Crippen molar-refractivity contribution >= 4 is 0 Å². The summed E-state index contributed by atoms with van der Waals surface area (Å²) >= 11 is 0. The third kappa shape index (κ3) is 2.83. The van der Waals surface area contributed by atoms with Gasteiger partial charge in [-0.15, -0.1) is 5.10 Å². The molecule has 4 nitrogen and oxygen atoms in total. The first kappa shape index (κ1) is 13.5. The lowest BCUT2D eigenvalue weighted by Crippen LogP contribution is -2.06. The van der Waals surface area contributed by atoms with Crippen molar-refractivity contribution in [1.82, 2.24) is 15.0 Å². The lowest BCUT2D eigenvalue weighted by atomic mass is 10.1. The molecule has 0 aliphatic heterocycles. The van der Waals surface area contributed by atoms with Gasteiger partial charge in [0.25, 0.3) is 0 Å². The lowest BCUT2D eigenvalue weighted by Gasteiger charge is -2.08. The molecule has 0 saturated heterocycles. The van der Waals surface area contributed by atoms with Crippen molar-refractivity contribution in [3.05, 3.63) is 71.7 Å². The third-order valence-electron chi connectivity index (χ3n) is 3.27. The molecule has 106 valence electrons. The Morgan fingerprint density at radius 3 is 2.57 bits per heavy atom. The zero-order chi connectivity index (χ0) is 14.7. The van der Waals surface area contributed by atoms with E-state index in [1.807, 2.05) is 36.4 Å². The maximum atomic E-state index is 13.3. The van der Waals surface area contributed by atoms with E-state index in [-0.39, 0.29) is 5.82 Å². The molecule has 3 aromatic rings. The molecule has 2 N–H and O–H groups in total. The molecule has 0 radical (unpaired) electrons. The van der Waals surface area contributed by atoms with Crippen molar-refractivity contribution < 1.29 is 4.39 Å². The first-order chi connectivity index (χ1) is 10.3. The van der Waals surface area contributed by atoms with Gasteiger partial charge in [-0.3, -0.25) is 0 Å². The van der Waals surface area contributed by atoms with E-state index in [0.29, 0.717) is 13.1 Å². The van der Waals surface area contributed by atoms with E-state index in [1.165, 1.54) is 12.1 Å². The number of hydrogen-bond donors (Lipinski definition) is 1. The average molecular weight is 282 g/mol. The Morgan fingerprint density at radius 1 is 1.05 bits per heavy atom. The van der Waals surface area contributed by atoms with Gasteiger partial charge in [0.05, 0.1) is 12.2 Å². The molecule has 5 heteroatoms. The normalized spacial score (nSPS) is 10.8. The highest BCUT2D eigenvalue weighted by molar-refractivity contribution is 5.61. The molecule has 3 rings (SSSR count). The number of nitrogens with zero attached hydrogens (tertiary/aromatic N) is 3. The van der Waals surface area contributed by atoms with Gasteiger partial charge in [-0.25, -0.2) is 9.07 Å². The van der Waals surface area contributed by atoms with Gasteiger partial charge >= 0.3 is 0 Å². The van der Waals surface area contributed by atoms with Crippen molar-refractivity contribution in [3.63, 3.8) is 0 Å². The SMILES string of the molecule is NCc1nnn(Cc2cccc(F)c2)c1-c1ccccc1. The molecule has 0 aliphatic rings. The van der Waals surface area contributed by atoms with Gasteiger partial charge in [-0.05, 0) is 17.7 Å². The quantitative estimate of drug-likeness (QED) is 0.800. The standard InChI is InChI=1S/C16H15FN4/c17-14-8-4-5-12(9-14)11-21-16(15(10-18)19-20-21)13-6-2-1-3-7-13/h1-9H,10-11,18H2. The van der Waals surface area contributed by atoms with E-state index in [4.69, 9.17) is 5.73 Å². The molecule has 0 amide bonds. The lowest BCUT2D eigenvalue weighted by molar-refractivity contribution is 0.615. The maximum absolute atomic E-state index is 13.3. The summed E-state index contributed by atoms with van der Waals surface area (Å²) in [5, 5.41) is 8.28. The molecule has 0 fully saturated rings. The molecule has 2 aromatic carbocycles. The van der Waals surface area contributed by atoms with Crippen LogP contribution >= 0.6 is 0 Å². The van der Waals surface area contributed by atoms with Gasteiger partial charge in [0.15, 0.2) is 0 Å². The first-order valence-corrected chi connectivity index (χ1v) is 6.70. The summed E-state index contributed by atoms with van der Waals surface area (Å²) in [6, 6.07) is 16.3. The molecule has 0 unspecified atom stereocenters. The Balaban J connectivity index is 2.02. The van der Waals surface area contributed by atoms with Crippen LogP contribution in [0.25, 0.3) is 11.3 Å². The summed E-state index contributed by atoms with van der Waals surface area (Å²) in [5.74, 6) is -0.257. The molecule has 0 saturated carbocycles. The molecule has 1 aromatic heterocycles. The Kier molecular flexibility index (Phi) is 3.75. The van der Waals surface area contributed by atoms with E-state index in [2.05, 4.69) is 10.3 Å². The fourth-order valence-corrected chi connectivity index (χ4v) is 2.32. The van der Waals surface area contributed by atoms with Gasteiger partial charge in [0.2, 0.25) is 0 Å². The van der Waals surface area contributed by atoms with Crippen LogP contribution in [0.2, 0.25) is 0 Å². The van der Waals surface area contributed by atoms with Crippen LogP contribution < -0.4 is 5.73 Å². The van der Waals surface area contributed by atoms with Gasteiger partial charge in [0, 0.05) is 12.1 Å². The predicted octanol–water partition coefficient (Wildman–Crippen LogP) is 2.59. The zero-order valence-electron chi connectivity index (χ0n) is 11.4. The van der Waals surface area contributed by atoms with E-state index >= 15 is 0 Å². The fourth-order valence-electron chi connectivity index (χ4n) is 2.32. The third-order valence-corrected chi connectivity index (χ3v) is 3.27. The van der Waals surface area contributed by atoms with Crippen LogP contribution in [0.5, 0.6) is 0 Å². The highest BCUT2D eigenvalue weighted by atomic mass is 19.1. The second kappa shape index (κ2) is 5.85. The summed E-state index contributed by atoms with van der Waals surface area (Å²) in [4.78, 5) is 0. The maximum Gasteiger partial charge on any atom is 0.123 e. The minimum Gasteiger partial charge on any atom is -0.325 e. The fraction of sp³-hybridized carbons (Fsp3) is 0.125. The monoisotopic (exact) mass is 282 g/mol. The Morgan fingerprint density at radius 2 is 1.86 bits per heavy atom. The highest BCUT2D eigenvalue weighted by Crippen LogP contribution is 2.22. The van der Waals surface area contributed by atoms with Crippen LogP contribution in [0.1, 0.15) is 11.3 Å². The van der Waals surface area contributed by atoms with Crippen LogP contribution in [0.3, 0.4) is 0 Å². The summed E-state index contributed by atoms with van der Waals surface area (Å²) in [7, 11) is 0. The molecule has 1 heterocycles. The first-order valence-electron chi connectivity index (χ1n) is 6.70. The number of aromatic nitrogens is 3. The van der Waals surface area contributed by atoms with Crippen LogP contribution in [0, 0.1) is 5.82 Å². The number of benzene rings is 2. The van der Waals surface area contributed by atoms with Crippen LogP contribution in [0.4, 0.5) is 4.39 Å². The molecular formula is C16H15FN4. The second-order valence-electron chi connectivity index (χ2n) is 4.74. The smallest absolute Gasteiger partial charge is 0.123 e. The van der Waals surface area contributed by atoms with Crippen molar-refractivity contribution in [2.75, 3.05) is 0 Å². The topological polar surface area (TPSA) is 56.7 Å². The molecule has 0 bridgehead atoms. The number of halogens is 1. The number of hydrogen-bond acceptors (Lipinski definition) is 3. The van der Waals surface area contributed by atoms with Crippen LogP contribution in [-0.4, -0.2) is 15.0 Å². The summed E-state index contributed by atoms with van der Waals surface area (Å²) < 4.78 is 15.1. The number of nitrogens with two attached hydrogens (primary N) is 1. The summed E-state index contributed by atoms with van der Waals surface area (Å²) in [6.45, 7) is 0.766. The Hall–Kier alpha value is -2.53. The second-order valence-corrected chi connectivity index (χ2v) is 4.74. The van der Waals surface area contributed by atoms with E-state index in [0.717, 1.165) is 22.5 Å². The molecular weight excluding hydrogens is 267 g/mol. The van der Waals surface area contributed by atoms with Crippen molar-refractivity contribution in [3.8, 4) is 11.3 Å². The van der Waals surface area contributed by atoms with Gasteiger partial charge in [-0.2, -0.15) is 0 Å². The van der Waals surface area contributed by atoms with E-state index in [1.54, 1.807) is 10.7 Å². The van der Waals surface area contributed by atoms with Crippen LogP contribution in [0.15, 0.2) is 54.6 Å². The molecule has 0 spiro atoms. The van der Waals surface area contributed by atoms with Gasteiger partial charge < -0.3 is 5.73 Å². The highest BCUT2D eigenvalue weighted by Gasteiger charge is 2.14. The molecule has 0 aliphatic carbocycles. The molecule has 21 heavy (non-hydrogen) atoms. The van der Waals surface area contributed by atoms with Crippen molar-refractivity contribution in [2.24, 2.45) is 5.73 Å². The summed E-state index contributed by atoms with van der Waals surface area (Å²) in [5.41, 5.74) is 9.19. The summed E-state index contributed by atoms with van der Waals surface area (Å²) in [6.07, 6.45) is 0. The Bertz CT molecular complexity index is 737. The number of rotatable bonds is 4.